The molecule has 1 aromatic rings. The van der Waals surface area contributed by atoms with E-state index < -0.39 is 0 Å². The number of aryl methyl sites for hydroxylation is 2. The molecule has 0 N–H and O–H groups in total. The Bertz CT molecular complexity index is 338. The monoisotopic (exact) mass is 305 g/mol. The molecule has 3 nitrogen and oxygen atoms in total. The van der Waals surface area contributed by atoms with Crippen LogP contribution in [0.5, 0.6) is 0 Å². The quantitative estimate of drug-likeness (QED) is 0.806. The van der Waals surface area contributed by atoms with Crippen molar-refractivity contribution in [3.63, 3.8) is 0 Å². The lowest BCUT2D eigenvalue weighted by molar-refractivity contribution is 0.337. The predicted molar refractivity (Wildman–Crippen MR) is 75.0 cm³/mol. The van der Waals surface area contributed by atoms with E-state index in [0.29, 0.717) is 0 Å². The summed E-state index contributed by atoms with van der Waals surface area (Å²) in [6.07, 6.45) is 3.12. The molecule has 92 valence electrons. The standard InChI is InChI=1S/C11H20BrN3S/c1-5-9-11(12)10(15(3)13-9)8-14(2)6-7-16-4/h5-8H2,1-4H3. The maximum absolute atomic E-state index is 4.50. The molecule has 5 heteroatoms. The van der Waals surface area contributed by atoms with Crippen molar-refractivity contribution in [2.75, 3.05) is 25.6 Å². The maximum Gasteiger partial charge on any atom is 0.0767 e. The van der Waals surface area contributed by atoms with Gasteiger partial charge < -0.3 is 0 Å². The summed E-state index contributed by atoms with van der Waals surface area (Å²) in [6.45, 7) is 4.19. The Morgan fingerprint density at radius 2 is 2.19 bits per heavy atom. The molecule has 0 aliphatic heterocycles. The smallest absolute Gasteiger partial charge is 0.0767 e. The molecule has 0 amide bonds. The lowest BCUT2D eigenvalue weighted by Gasteiger charge is -2.16. The molecule has 0 bridgehead atoms. The summed E-state index contributed by atoms with van der Waals surface area (Å²) in [5.41, 5.74) is 2.41. The van der Waals surface area contributed by atoms with Crippen LogP contribution in [0.1, 0.15) is 18.3 Å². The van der Waals surface area contributed by atoms with Crippen LogP contribution in [-0.4, -0.2) is 40.3 Å². The molecule has 0 aliphatic carbocycles. The first-order valence-electron chi connectivity index (χ1n) is 5.47. The van der Waals surface area contributed by atoms with E-state index in [-0.39, 0.29) is 0 Å². The Morgan fingerprint density at radius 1 is 1.50 bits per heavy atom. The first kappa shape index (κ1) is 14.1. The second-order valence-corrected chi connectivity index (χ2v) is 5.69. The van der Waals surface area contributed by atoms with Crippen LogP contribution in [-0.2, 0) is 20.0 Å². The van der Waals surface area contributed by atoms with Crippen molar-refractivity contribution in [2.45, 2.75) is 19.9 Å². The van der Waals surface area contributed by atoms with Crippen LogP contribution in [0.3, 0.4) is 0 Å². The van der Waals surface area contributed by atoms with Gasteiger partial charge in [-0.1, -0.05) is 6.92 Å². The van der Waals surface area contributed by atoms with Gasteiger partial charge in [0.1, 0.15) is 0 Å². The van der Waals surface area contributed by atoms with Crippen molar-refractivity contribution >= 4 is 27.7 Å². The molecule has 0 spiro atoms. The van der Waals surface area contributed by atoms with Gasteiger partial charge in [-0.3, -0.25) is 9.58 Å². The van der Waals surface area contributed by atoms with E-state index in [2.05, 4.69) is 46.2 Å². The van der Waals surface area contributed by atoms with Crippen LogP contribution < -0.4 is 0 Å². The van der Waals surface area contributed by atoms with Gasteiger partial charge in [-0.2, -0.15) is 16.9 Å². The Labute approximate surface area is 111 Å². The second kappa shape index (κ2) is 6.67. The highest BCUT2D eigenvalue weighted by atomic mass is 79.9. The summed E-state index contributed by atoms with van der Waals surface area (Å²) >= 11 is 5.53. The van der Waals surface area contributed by atoms with Crippen LogP contribution in [0.25, 0.3) is 0 Å². The first-order chi connectivity index (χ1) is 7.60. The number of thioether (sulfide) groups is 1. The molecule has 0 aliphatic rings. The topological polar surface area (TPSA) is 21.1 Å². The zero-order valence-electron chi connectivity index (χ0n) is 10.5. The summed E-state index contributed by atoms with van der Waals surface area (Å²) in [4.78, 5) is 2.33. The number of nitrogens with zero attached hydrogens (tertiary/aromatic N) is 3. The third-order valence-electron chi connectivity index (χ3n) is 2.60. The molecule has 0 atom stereocenters. The fourth-order valence-electron chi connectivity index (χ4n) is 1.57. The minimum Gasteiger partial charge on any atom is -0.300 e. The molecule has 1 aromatic heterocycles. The molecule has 0 fully saturated rings. The molecule has 0 saturated heterocycles. The van der Waals surface area contributed by atoms with Gasteiger partial charge in [0, 0.05) is 25.9 Å². The molecule has 0 saturated carbocycles. The van der Waals surface area contributed by atoms with Crippen LogP contribution in [0.2, 0.25) is 0 Å². The lowest BCUT2D eigenvalue weighted by atomic mass is 10.3. The van der Waals surface area contributed by atoms with Crippen molar-refractivity contribution in [1.82, 2.24) is 14.7 Å². The number of rotatable bonds is 6. The summed E-state index contributed by atoms with van der Waals surface area (Å²) in [5, 5.41) is 4.50. The van der Waals surface area contributed by atoms with Gasteiger partial charge in [-0.05, 0) is 35.7 Å². The van der Waals surface area contributed by atoms with E-state index >= 15 is 0 Å². The zero-order valence-corrected chi connectivity index (χ0v) is 12.9. The van der Waals surface area contributed by atoms with E-state index in [0.717, 1.165) is 25.2 Å². The molecule has 1 rings (SSSR count). The van der Waals surface area contributed by atoms with Gasteiger partial charge in [0.25, 0.3) is 0 Å². The third kappa shape index (κ3) is 3.50. The molecular weight excluding hydrogens is 286 g/mol. The number of halogens is 1. The molecule has 16 heavy (non-hydrogen) atoms. The Balaban J connectivity index is 2.69. The normalized spacial score (nSPS) is 11.4. The van der Waals surface area contributed by atoms with Crippen molar-refractivity contribution in [2.24, 2.45) is 7.05 Å². The van der Waals surface area contributed by atoms with Gasteiger partial charge in [0.15, 0.2) is 0 Å². The minimum atomic E-state index is 0.949. The molecular formula is C11H20BrN3S. The average Bonchev–Trinajstić information content (AvgIpc) is 2.53. The van der Waals surface area contributed by atoms with Gasteiger partial charge in [0.05, 0.1) is 15.9 Å². The SMILES string of the molecule is CCc1nn(C)c(CN(C)CCSC)c1Br. The Morgan fingerprint density at radius 3 is 2.69 bits per heavy atom. The Kier molecular flexibility index (Phi) is 5.86. The number of hydrogen-bond donors (Lipinski definition) is 0. The van der Waals surface area contributed by atoms with E-state index in [1.807, 2.05) is 23.5 Å². The number of hydrogen-bond acceptors (Lipinski definition) is 3. The van der Waals surface area contributed by atoms with Gasteiger partial charge >= 0.3 is 0 Å². The fraction of sp³-hybridized carbons (Fsp3) is 0.727. The van der Waals surface area contributed by atoms with E-state index in [1.165, 1.54) is 15.9 Å². The van der Waals surface area contributed by atoms with Crippen LogP contribution >= 0.6 is 27.7 Å². The van der Waals surface area contributed by atoms with Crippen molar-refractivity contribution in [3.05, 3.63) is 15.9 Å². The average molecular weight is 306 g/mol. The Hall–Kier alpha value is -0.000000000000000111. The van der Waals surface area contributed by atoms with Crippen molar-refractivity contribution < 1.29 is 0 Å². The summed E-state index contributed by atoms with van der Waals surface area (Å²) in [7, 11) is 4.17. The van der Waals surface area contributed by atoms with Gasteiger partial charge in [-0.25, -0.2) is 0 Å². The summed E-state index contributed by atoms with van der Waals surface area (Å²) in [6, 6.07) is 0. The minimum absolute atomic E-state index is 0.949. The van der Waals surface area contributed by atoms with Crippen molar-refractivity contribution in [1.29, 1.82) is 0 Å². The summed E-state index contributed by atoms with van der Waals surface area (Å²) in [5.74, 6) is 1.17. The fourth-order valence-corrected chi connectivity index (χ4v) is 2.81. The third-order valence-corrected chi connectivity index (χ3v) is 4.11. The molecule has 0 unspecified atom stereocenters. The van der Waals surface area contributed by atoms with Crippen LogP contribution in [0.4, 0.5) is 0 Å². The highest BCUT2D eigenvalue weighted by molar-refractivity contribution is 9.10. The summed E-state index contributed by atoms with van der Waals surface area (Å²) < 4.78 is 3.16. The predicted octanol–water partition coefficient (Wildman–Crippen LogP) is 2.54. The zero-order chi connectivity index (χ0) is 12.1. The molecule has 0 radical (unpaired) electrons. The lowest BCUT2D eigenvalue weighted by Crippen LogP contribution is -2.22. The van der Waals surface area contributed by atoms with Crippen LogP contribution in [0.15, 0.2) is 4.47 Å². The van der Waals surface area contributed by atoms with E-state index in [1.54, 1.807) is 0 Å². The maximum atomic E-state index is 4.50. The first-order valence-corrected chi connectivity index (χ1v) is 7.66. The van der Waals surface area contributed by atoms with Gasteiger partial charge in [0.2, 0.25) is 0 Å². The molecule has 1 heterocycles. The molecule has 0 aromatic carbocycles. The highest BCUT2D eigenvalue weighted by Crippen LogP contribution is 2.22. The van der Waals surface area contributed by atoms with E-state index in [9.17, 15) is 0 Å². The second-order valence-electron chi connectivity index (χ2n) is 3.92. The van der Waals surface area contributed by atoms with Gasteiger partial charge in [-0.15, -0.1) is 0 Å². The van der Waals surface area contributed by atoms with Crippen LogP contribution in [0, 0.1) is 0 Å². The largest absolute Gasteiger partial charge is 0.300 e. The number of aromatic nitrogens is 2. The highest BCUT2D eigenvalue weighted by Gasteiger charge is 2.13. The van der Waals surface area contributed by atoms with E-state index in [4.69, 9.17) is 0 Å². The van der Waals surface area contributed by atoms with Crippen molar-refractivity contribution in [3.8, 4) is 0 Å².